The van der Waals surface area contributed by atoms with E-state index in [1.165, 1.54) is 18.2 Å². The molecule has 1 heterocycles. The molecule has 4 rings (SSSR count). The van der Waals surface area contributed by atoms with E-state index in [1.54, 1.807) is 61.5 Å². The summed E-state index contributed by atoms with van der Waals surface area (Å²) in [7, 11) is -4.02. The number of carbonyl (C=O) groups excluding carboxylic acids is 1. The van der Waals surface area contributed by atoms with E-state index in [0.717, 1.165) is 16.5 Å². The Bertz CT molecular complexity index is 1520. The molecule has 0 aliphatic heterocycles. The monoisotopic (exact) mass is 477 g/mol. The third-order valence-electron chi connectivity index (χ3n) is 5.62. The molecule has 7 nitrogen and oxygen atoms in total. The normalized spacial score (nSPS) is 12.4. The van der Waals surface area contributed by atoms with Crippen LogP contribution in [-0.4, -0.2) is 14.4 Å². The number of fused-ring (bicyclic) bond motifs is 1. The van der Waals surface area contributed by atoms with E-state index in [9.17, 15) is 18.0 Å². The Kier molecular flexibility index (Phi) is 6.37. The van der Waals surface area contributed by atoms with Crippen molar-refractivity contribution in [1.82, 2.24) is 4.72 Å². The van der Waals surface area contributed by atoms with Gasteiger partial charge in [0, 0.05) is 17.0 Å². The number of nitrogens with one attached hydrogen (secondary N) is 1. The highest BCUT2D eigenvalue weighted by atomic mass is 32.2. The zero-order valence-corrected chi connectivity index (χ0v) is 19.7. The lowest BCUT2D eigenvalue weighted by atomic mass is 10.1. The summed E-state index contributed by atoms with van der Waals surface area (Å²) in [4.78, 5) is 25.2. The van der Waals surface area contributed by atoms with Crippen LogP contribution in [0.4, 0.5) is 0 Å². The van der Waals surface area contributed by atoms with Gasteiger partial charge in [-0.2, -0.15) is 4.72 Å². The summed E-state index contributed by atoms with van der Waals surface area (Å²) < 4.78 is 39.3. The van der Waals surface area contributed by atoms with Gasteiger partial charge in [0.2, 0.25) is 10.0 Å². The zero-order valence-electron chi connectivity index (χ0n) is 18.9. The highest BCUT2D eigenvalue weighted by Gasteiger charge is 2.29. The summed E-state index contributed by atoms with van der Waals surface area (Å²) in [5, 5.41) is 0.719. The van der Waals surface area contributed by atoms with Crippen LogP contribution in [0.25, 0.3) is 11.0 Å². The SMILES string of the molecule is Cc1ccc(S(=O)(=O)NC(C(=O)Oc2ccc3c(C)c(C)c(=O)oc3c2)c2ccccc2)cc1. The van der Waals surface area contributed by atoms with Gasteiger partial charge in [0.1, 0.15) is 17.4 Å². The third-order valence-corrected chi connectivity index (χ3v) is 7.06. The van der Waals surface area contributed by atoms with Crippen LogP contribution in [0.5, 0.6) is 5.75 Å². The molecule has 0 bridgehead atoms. The van der Waals surface area contributed by atoms with Crippen molar-refractivity contribution < 1.29 is 22.4 Å². The second-order valence-electron chi connectivity index (χ2n) is 8.00. The van der Waals surface area contributed by atoms with Crippen LogP contribution in [0.1, 0.15) is 28.3 Å². The number of hydrogen-bond donors (Lipinski definition) is 1. The molecule has 1 aromatic heterocycles. The molecule has 0 saturated carbocycles. The van der Waals surface area contributed by atoms with Gasteiger partial charge in [-0.15, -0.1) is 0 Å². The Balaban J connectivity index is 1.67. The second kappa shape index (κ2) is 9.24. The first-order valence-corrected chi connectivity index (χ1v) is 12.0. The molecule has 1 N–H and O–H groups in total. The standard InChI is InChI=1S/C26H23NO6S/c1-16-9-12-21(13-10-16)34(30,31)27-24(19-7-5-4-6-8-19)26(29)32-20-11-14-22-17(2)18(3)25(28)33-23(22)15-20/h4-15,24,27H,1-3H3. The summed E-state index contributed by atoms with van der Waals surface area (Å²) in [5.74, 6) is -0.702. The van der Waals surface area contributed by atoms with Gasteiger partial charge in [-0.25, -0.2) is 18.0 Å². The molecule has 0 aliphatic rings. The van der Waals surface area contributed by atoms with E-state index >= 15 is 0 Å². The molecule has 0 spiro atoms. The van der Waals surface area contributed by atoms with Crippen molar-refractivity contribution in [1.29, 1.82) is 0 Å². The average Bonchev–Trinajstić information content (AvgIpc) is 2.82. The molecule has 1 unspecified atom stereocenters. The fourth-order valence-corrected chi connectivity index (χ4v) is 4.68. The van der Waals surface area contributed by atoms with E-state index in [1.807, 2.05) is 13.8 Å². The molecule has 34 heavy (non-hydrogen) atoms. The smallest absolute Gasteiger partial charge is 0.339 e. The molecule has 174 valence electrons. The summed E-state index contributed by atoms with van der Waals surface area (Å²) >= 11 is 0. The second-order valence-corrected chi connectivity index (χ2v) is 9.71. The molecule has 0 saturated heterocycles. The minimum Gasteiger partial charge on any atom is -0.425 e. The molecule has 1 atom stereocenters. The van der Waals surface area contributed by atoms with Gasteiger partial charge < -0.3 is 9.15 Å². The number of aryl methyl sites for hydroxylation is 2. The Morgan fingerprint density at radius 1 is 0.912 bits per heavy atom. The summed E-state index contributed by atoms with van der Waals surface area (Å²) in [6, 6.07) is 18.1. The number of esters is 1. The van der Waals surface area contributed by atoms with Gasteiger partial charge in [-0.1, -0.05) is 48.0 Å². The van der Waals surface area contributed by atoms with Crippen LogP contribution >= 0.6 is 0 Å². The Hall–Kier alpha value is -3.75. The van der Waals surface area contributed by atoms with Crippen LogP contribution in [0, 0.1) is 20.8 Å². The van der Waals surface area contributed by atoms with Gasteiger partial charge in [0.25, 0.3) is 0 Å². The third kappa shape index (κ3) is 4.78. The zero-order chi connectivity index (χ0) is 24.5. The summed E-state index contributed by atoms with van der Waals surface area (Å²) in [6.45, 7) is 5.34. The molecule has 4 aromatic rings. The fourth-order valence-electron chi connectivity index (χ4n) is 3.51. The topological polar surface area (TPSA) is 103 Å². The lowest BCUT2D eigenvalue weighted by molar-refractivity contribution is -0.136. The number of rotatable bonds is 6. The van der Waals surface area contributed by atoms with Gasteiger partial charge >= 0.3 is 11.6 Å². The van der Waals surface area contributed by atoms with Crippen molar-refractivity contribution >= 4 is 27.0 Å². The van der Waals surface area contributed by atoms with Crippen molar-refractivity contribution in [2.75, 3.05) is 0 Å². The van der Waals surface area contributed by atoms with E-state index in [0.29, 0.717) is 11.1 Å². The van der Waals surface area contributed by atoms with Gasteiger partial charge in [-0.05, 0) is 56.2 Å². The predicted molar refractivity (Wildman–Crippen MR) is 128 cm³/mol. The highest BCUT2D eigenvalue weighted by molar-refractivity contribution is 7.89. The first-order chi connectivity index (χ1) is 16.2. The van der Waals surface area contributed by atoms with E-state index in [2.05, 4.69) is 4.72 Å². The van der Waals surface area contributed by atoms with Crippen molar-refractivity contribution in [2.24, 2.45) is 0 Å². The Labute approximate surface area is 197 Å². The number of sulfonamides is 1. The molecule has 0 aliphatic carbocycles. The van der Waals surface area contributed by atoms with Crippen LogP contribution < -0.4 is 15.1 Å². The largest absolute Gasteiger partial charge is 0.425 e. The number of benzene rings is 3. The minimum atomic E-state index is -4.02. The molecule has 0 fully saturated rings. The first kappa shape index (κ1) is 23.4. The fraction of sp³-hybridized carbons (Fsp3) is 0.154. The maximum absolute atomic E-state index is 13.2. The molecular weight excluding hydrogens is 454 g/mol. The lowest BCUT2D eigenvalue weighted by Gasteiger charge is -2.18. The van der Waals surface area contributed by atoms with Crippen molar-refractivity contribution in [3.05, 3.63) is 105 Å². The highest BCUT2D eigenvalue weighted by Crippen LogP contribution is 2.26. The van der Waals surface area contributed by atoms with Gasteiger partial charge in [0.15, 0.2) is 0 Å². The quantitative estimate of drug-likeness (QED) is 0.252. The summed E-state index contributed by atoms with van der Waals surface area (Å²) in [6.07, 6.45) is 0. The van der Waals surface area contributed by atoms with Crippen LogP contribution in [0.2, 0.25) is 0 Å². The molecular formula is C26H23NO6S. The van der Waals surface area contributed by atoms with E-state index in [4.69, 9.17) is 9.15 Å². The first-order valence-electron chi connectivity index (χ1n) is 10.6. The molecule has 0 amide bonds. The predicted octanol–water partition coefficient (Wildman–Crippen LogP) is 4.34. The summed E-state index contributed by atoms with van der Waals surface area (Å²) in [5.41, 5.74) is 2.41. The lowest BCUT2D eigenvalue weighted by Crippen LogP contribution is -2.36. The average molecular weight is 478 g/mol. The number of hydrogen-bond acceptors (Lipinski definition) is 6. The van der Waals surface area contributed by atoms with E-state index < -0.39 is 27.7 Å². The Morgan fingerprint density at radius 3 is 2.26 bits per heavy atom. The van der Waals surface area contributed by atoms with Crippen molar-refractivity contribution in [3.63, 3.8) is 0 Å². The molecule has 0 radical (unpaired) electrons. The van der Waals surface area contributed by atoms with Gasteiger partial charge in [0.05, 0.1) is 4.90 Å². The number of ether oxygens (including phenoxy) is 1. The van der Waals surface area contributed by atoms with Crippen molar-refractivity contribution in [2.45, 2.75) is 31.7 Å². The molecule has 8 heteroatoms. The Morgan fingerprint density at radius 2 is 1.59 bits per heavy atom. The number of carbonyl (C=O) groups is 1. The van der Waals surface area contributed by atoms with Crippen LogP contribution in [0.3, 0.4) is 0 Å². The van der Waals surface area contributed by atoms with Crippen LogP contribution in [-0.2, 0) is 14.8 Å². The van der Waals surface area contributed by atoms with Crippen molar-refractivity contribution in [3.8, 4) is 5.75 Å². The maximum atomic E-state index is 13.2. The van der Waals surface area contributed by atoms with E-state index in [-0.39, 0.29) is 16.2 Å². The minimum absolute atomic E-state index is 0.0326. The molecule has 3 aromatic carbocycles. The van der Waals surface area contributed by atoms with Crippen LogP contribution in [0.15, 0.2) is 86.9 Å². The van der Waals surface area contributed by atoms with Gasteiger partial charge in [-0.3, -0.25) is 0 Å². The maximum Gasteiger partial charge on any atom is 0.339 e.